The number of hydrogen-bond acceptors (Lipinski definition) is 1. The van der Waals surface area contributed by atoms with Crippen LogP contribution in [-0.4, -0.2) is 11.4 Å². The second-order valence-electron chi connectivity index (χ2n) is 4.36. The minimum Gasteiger partial charge on any atom is -0.347 e. The number of carbonyl (C=O) groups excluding carboxylic acids is 1. The molecule has 0 atom stereocenters. The predicted octanol–water partition coefficient (Wildman–Crippen LogP) is 2.40. The first-order valence-electron chi connectivity index (χ1n) is 5.01. The van der Waals surface area contributed by atoms with Gasteiger partial charge in [-0.15, -0.1) is 0 Å². The lowest BCUT2D eigenvalue weighted by atomic mass is 9.83. The van der Waals surface area contributed by atoms with Gasteiger partial charge in [0.15, 0.2) is 0 Å². The van der Waals surface area contributed by atoms with E-state index in [0.717, 1.165) is 12.8 Å². The third-order valence-corrected chi connectivity index (χ3v) is 2.76. The van der Waals surface area contributed by atoms with Crippen molar-refractivity contribution in [1.29, 1.82) is 0 Å². The Bertz CT molecular complexity index is 214. The van der Waals surface area contributed by atoms with Crippen LogP contribution >= 0.6 is 0 Å². The van der Waals surface area contributed by atoms with Gasteiger partial charge in [0, 0.05) is 11.1 Å². The summed E-state index contributed by atoms with van der Waals surface area (Å²) in [6.45, 7) is 7.52. The van der Waals surface area contributed by atoms with Crippen molar-refractivity contribution >= 4 is 5.91 Å². The molecular formula is C11H19NO. The van der Waals surface area contributed by atoms with Gasteiger partial charge in [0.2, 0.25) is 5.91 Å². The fourth-order valence-corrected chi connectivity index (χ4v) is 1.84. The number of rotatable bonds is 2. The summed E-state index contributed by atoms with van der Waals surface area (Å²) >= 11 is 0. The summed E-state index contributed by atoms with van der Waals surface area (Å²) in [5.74, 6) is 0.00407. The lowest BCUT2D eigenvalue weighted by Crippen LogP contribution is -2.47. The summed E-state index contributed by atoms with van der Waals surface area (Å²) < 4.78 is 0. The van der Waals surface area contributed by atoms with E-state index in [-0.39, 0.29) is 11.4 Å². The van der Waals surface area contributed by atoms with E-state index in [1.54, 1.807) is 6.92 Å². The average molecular weight is 181 g/mol. The monoisotopic (exact) mass is 181 g/mol. The maximum Gasteiger partial charge on any atom is 0.246 e. The number of carbonyl (C=O) groups is 1. The zero-order valence-corrected chi connectivity index (χ0v) is 8.65. The fraction of sp³-hybridized carbons (Fsp3) is 0.727. The van der Waals surface area contributed by atoms with E-state index in [1.807, 2.05) is 0 Å². The molecule has 0 aromatic rings. The van der Waals surface area contributed by atoms with Crippen molar-refractivity contribution < 1.29 is 4.79 Å². The predicted molar refractivity (Wildman–Crippen MR) is 54.4 cm³/mol. The van der Waals surface area contributed by atoms with Gasteiger partial charge in [-0.25, -0.2) is 0 Å². The largest absolute Gasteiger partial charge is 0.347 e. The van der Waals surface area contributed by atoms with Crippen LogP contribution in [0.2, 0.25) is 0 Å². The molecule has 0 radical (unpaired) electrons. The third kappa shape index (κ3) is 2.87. The minimum atomic E-state index is 0.00407. The van der Waals surface area contributed by atoms with Crippen molar-refractivity contribution in [2.75, 3.05) is 0 Å². The van der Waals surface area contributed by atoms with Crippen molar-refractivity contribution in [3.63, 3.8) is 0 Å². The molecule has 0 heterocycles. The van der Waals surface area contributed by atoms with Crippen LogP contribution in [0.3, 0.4) is 0 Å². The molecule has 2 nitrogen and oxygen atoms in total. The molecule has 74 valence electrons. The van der Waals surface area contributed by atoms with Crippen LogP contribution in [0, 0.1) is 0 Å². The van der Waals surface area contributed by atoms with E-state index in [0.29, 0.717) is 5.57 Å². The quantitative estimate of drug-likeness (QED) is 0.651. The van der Waals surface area contributed by atoms with E-state index in [2.05, 4.69) is 18.8 Å². The van der Waals surface area contributed by atoms with Crippen molar-refractivity contribution in [1.82, 2.24) is 5.32 Å². The van der Waals surface area contributed by atoms with Crippen LogP contribution in [0.5, 0.6) is 0 Å². The van der Waals surface area contributed by atoms with Crippen molar-refractivity contribution in [2.24, 2.45) is 0 Å². The van der Waals surface area contributed by atoms with Crippen LogP contribution in [0.4, 0.5) is 0 Å². The van der Waals surface area contributed by atoms with Gasteiger partial charge in [0.25, 0.3) is 0 Å². The lowest BCUT2D eigenvalue weighted by Gasteiger charge is -2.34. The van der Waals surface area contributed by atoms with Gasteiger partial charge >= 0.3 is 0 Å². The van der Waals surface area contributed by atoms with Gasteiger partial charge in [-0.3, -0.25) is 4.79 Å². The molecule has 1 amide bonds. The highest BCUT2D eigenvalue weighted by molar-refractivity contribution is 5.92. The highest BCUT2D eigenvalue weighted by Gasteiger charge is 2.28. The van der Waals surface area contributed by atoms with E-state index in [4.69, 9.17) is 0 Å². The molecule has 1 N–H and O–H groups in total. The average Bonchev–Trinajstić information content (AvgIpc) is 2.04. The molecule has 1 aliphatic rings. The summed E-state index contributed by atoms with van der Waals surface area (Å²) in [5, 5.41) is 3.06. The first-order chi connectivity index (χ1) is 6.03. The normalized spacial score (nSPS) is 20.8. The molecule has 1 aliphatic carbocycles. The van der Waals surface area contributed by atoms with Crippen LogP contribution in [-0.2, 0) is 4.79 Å². The highest BCUT2D eigenvalue weighted by Crippen LogP contribution is 2.27. The van der Waals surface area contributed by atoms with Crippen LogP contribution in [0.15, 0.2) is 12.2 Å². The Balaban J connectivity index is 2.50. The molecule has 1 rings (SSSR count). The second-order valence-corrected chi connectivity index (χ2v) is 4.36. The Labute approximate surface area is 80.4 Å². The zero-order chi connectivity index (χ0) is 9.90. The first kappa shape index (κ1) is 10.3. The fourth-order valence-electron chi connectivity index (χ4n) is 1.84. The van der Waals surface area contributed by atoms with Gasteiger partial charge in [-0.05, 0) is 26.7 Å². The highest BCUT2D eigenvalue weighted by atomic mass is 16.1. The van der Waals surface area contributed by atoms with Gasteiger partial charge in [-0.2, -0.15) is 0 Å². The van der Waals surface area contributed by atoms with Gasteiger partial charge < -0.3 is 5.32 Å². The van der Waals surface area contributed by atoms with Crippen molar-refractivity contribution in [3.8, 4) is 0 Å². The van der Waals surface area contributed by atoms with Crippen molar-refractivity contribution in [2.45, 2.75) is 51.5 Å². The molecule has 0 aliphatic heterocycles. The van der Waals surface area contributed by atoms with Crippen LogP contribution < -0.4 is 5.32 Å². The standard InChI is InChI=1S/C11H19NO/c1-9(2)10(13)12-11(3)7-5-4-6-8-11/h1,4-8H2,2-3H3,(H,12,13). The minimum absolute atomic E-state index is 0.00407. The van der Waals surface area contributed by atoms with Crippen LogP contribution in [0.1, 0.15) is 46.0 Å². The Morgan fingerprint density at radius 2 is 1.85 bits per heavy atom. The molecule has 0 unspecified atom stereocenters. The second kappa shape index (κ2) is 3.95. The molecule has 2 heteroatoms. The summed E-state index contributed by atoms with van der Waals surface area (Å²) in [7, 11) is 0. The maximum atomic E-state index is 11.4. The molecule has 0 aromatic carbocycles. The van der Waals surface area contributed by atoms with E-state index < -0.39 is 0 Å². The molecule has 0 saturated heterocycles. The molecule has 1 fully saturated rings. The van der Waals surface area contributed by atoms with Gasteiger partial charge in [0.1, 0.15) is 0 Å². The first-order valence-corrected chi connectivity index (χ1v) is 5.01. The third-order valence-electron chi connectivity index (χ3n) is 2.76. The topological polar surface area (TPSA) is 29.1 Å². The number of nitrogens with one attached hydrogen (secondary N) is 1. The Hall–Kier alpha value is -0.790. The van der Waals surface area contributed by atoms with Crippen LogP contribution in [0.25, 0.3) is 0 Å². The van der Waals surface area contributed by atoms with E-state index >= 15 is 0 Å². The van der Waals surface area contributed by atoms with E-state index in [9.17, 15) is 4.79 Å². The molecular weight excluding hydrogens is 162 g/mol. The molecule has 1 saturated carbocycles. The van der Waals surface area contributed by atoms with Gasteiger partial charge in [0.05, 0.1) is 0 Å². The lowest BCUT2D eigenvalue weighted by molar-refractivity contribution is -0.119. The smallest absolute Gasteiger partial charge is 0.246 e. The zero-order valence-electron chi connectivity index (χ0n) is 8.65. The Kier molecular flexibility index (Phi) is 3.12. The molecule has 0 spiro atoms. The molecule has 0 aromatic heterocycles. The molecule has 13 heavy (non-hydrogen) atoms. The maximum absolute atomic E-state index is 11.4. The summed E-state index contributed by atoms with van der Waals surface area (Å²) in [4.78, 5) is 11.4. The number of hydrogen-bond donors (Lipinski definition) is 1. The summed E-state index contributed by atoms with van der Waals surface area (Å²) in [6.07, 6.45) is 5.97. The van der Waals surface area contributed by atoms with Crippen molar-refractivity contribution in [3.05, 3.63) is 12.2 Å². The summed E-state index contributed by atoms with van der Waals surface area (Å²) in [5.41, 5.74) is 0.626. The Morgan fingerprint density at radius 3 is 2.31 bits per heavy atom. The summed E-state index contributed by atoms with van der Waals surface area (Å²) in [6, 6.07) is 0. The van der Waals surface area contributed by atoms with Gasteiger partial charge in [-0.1, -0.05) is 25.8 Å². The van der Waals surface area contributed by atoms with E-state index in [1.165, 1.54) is 19.3 Å². The molecule has 0 bridgehead atoms. The SMILES string of the molecule is C=C(C)C(=O)NC1(C)CCCCC1. The Morgan fingerprint density at radius 1 is 1.31 bits per heavy atom. The number of amides is 1.